The van der Waals surface area contributed by atoms with Gasteiger partial charge in [0.25, 0.3) is 0 Å². The normalized spacial score (nSPS) is 22.5. The molecule has 0 bridgehead atoms. The molecule has 14 heavy (non-hydrogen) atoms. The number of rotatable bonds is 5. The number of hydrogen-bond donors (Lipinski definition) is 1. The van der Waals surface area contributed by atoms with E-state index in [1.165, 1.54) is 38.9 Å². The molecule has 0 radical (unpaired) electrons. The van der Waals surface area contributed by atoms with Crippen molar-refractivity contribution in [2.45, 2.75) is 39.2 Å². The molecule has 1 unspecified atom stereocenters. The van der Waals surface area contributed by atoms with E-state index in [9.17, 15) is 0 Å². The van der Waals surface area contributed by atoms with Crippen molar-refractivity contribution < 1.29 is 4.84 Å². The second-order valence-corrected chi connectivity index (χ2v) is 4.29. The molecule has 1 rings (SSSR count). The highest BCUT2D eigenvalue weighted by atomic mass is 16.6. The average molecular weight is 200 g/mol. The van der Waals surface area contributed by atoms with E-state index in [4.69, 9.17) is 4.84 Å². The summed E-state index contributed by atoms with van der Waals surface area (Å²) in [6, 6.07) is 0.490. The van der Waals surface area contributed by atoms with Crippen molar-refractivity contribution in [2.75, 3.05) is 26.7 Å². The fourth-order valence-corrected chi connectivity index (χ4v) is 2.27. The Hall–Kier alpha value is -0.120. The molecule has 3 heteroatoms. The fourth-order valence-electron chi connectivity index (χ4n) is 2.27. The number of hydrogen-bond acceptors (Lipinski definition) is 3. The Bertz CT molecular complexity index is 144. The minimum absolute atomic E-state index is 0.490. The quantitative estimate of drug-likeness (QED) is 0.683. The monoisotopic (exact) mass is 200 g/mol. The lowest BCUT2D eigenvalue weighted by Crippen LogP contribution is -2.41. The first-order chi connectivity index (χ1) is 6.77. The summed E-state index contributed by atoms with van der Waals surface area (Å²) in [6.07, 6.45) is 3.88. The van der Waals surface area contributed by atoms with Crippen molar-refractivity contribution in [1.82, 2.24) is 10.4 Å². The lowest BCUT2D eigenvalue weighted by molar-refractivity contribution is 0.0326. The average Bonchev–Trinajstić information content (AvgIpc) is 2.20. The molecule has 0 amide bonds. The molecular formula is C11H24N2O. The molecule has 3 nitrogen and oxygen atoms in total. The largest absolute Gasteiger partial charge is 0.305 e. The van der Waals surface area contributed by atoms with Gasteiger partial charge in [0.2, 0.25) is 0 Å². The van der Waals surface area contributed by atoms with E-state index in [1.807, 2.05) is 0 Å². The summed E-state index contributed by atoms with van der Waals surface area (Å²) < 4.78 is 0. The van der Waals surface area contributed by atoms with Gasteiger partial charge in [0, 0.05) is 6.04 Å². The van der Waals surface area contributed by atoms with Gasteiger partial charge < -0.3 is 9.74 Å². The minimum Gasteiger partial charge on any atom is -0.305 e. The van der Waals surface area contributed by atoms with Crippen LogP contribution in [0.25, 0.3) is 0 Å². The number of hydroxylamine groups is 1. The van der Waals surface area contributed by atoms with Crippen LogP contribution in [0.5, 0.6) is 0 Å². The maximum absolute atomic E-state index is 4.97. The minimum atomic E-state index is 0.490. The van der Waals surface area contributed by atoms with Gasteiger partial charge in [0.05, 0.1) is 7.11 Å². The summed E-state index contributed by atoms with van der Waals surface area (Å²) in [6.45, 7) is 8.24. The highest BCUT2D eigenvalue weighted by Crippen LogP contribution is 2.20. The zero-order chi connectivity index (χ0) is 10.4. The third-order valence-electron chi connectivity index (χ3n) is 3.18. The molecule has 1 atom stereocenters. The zero-order valence-electron chi connectivity index (χ0n) is 9.75. The molecule has 1 aliphatic rings. The standard InChI is InChI=1S/C11H24N2O/c1-4-7-13-8-5-11(6-9-13)10(2)12-14-3/h10-12H,4-9H2,1-3H3. The Labute approximate surface area is 87.8 Å². The summed E-state index contributed by atoms with van der Waals surface area (Å²) in [5.74, 6) is 0.781. The van der Waals surface area contributed by atoms with E-state index in [0.717, 1.165) is 5.92 Å². The smallest absolute Gasteiger partial charge is 0.0572 e. The Kier molecular flexibility index (Phi) is 5.45. The topological polar surface area (TPSA) is 24.5 Å². The van der Waals surface area contributed by atoms with Crippen molar-refractivity contribution in [3.63, 3.8) is 0 Å². The second-order valence-electron chi connectivity index (χ2n) is 4.29. The summed E-state index contributed by atoms with van der Waals surface area (Å²) in [7, 11) is 1.70. The Morgan fingerprint density at radius 3 is 2.57 bits per heavy atom. The summed E-state index contributed by atoms with van der Waals surface area (Å²) in [4.78, 5) is 7.53. The third-order valence-corrected chi connectivity index (χ3v) is 3.18. The Morgan fingerprint density at radius 1 is 1.43 bits per heavy atom. The highest BCUT2D eigenvalue weighted by Gasteiger charge is 2.23. The van der Waals surface area contributed by atoms with Crippen LogP contribution in [0.2, 0.25) is 0 Å². The van der Waals surface area contributed by atoms with Gasteiger partial charge in [-0.25, -0.2) is 0 Å². The Balaban J connectivity index is 2.21. The molecular weight excluding hydrogens is 176 g/mol. The van der Waals surface area contributed by atoms with Gasteiger partial charge in [-0.3, -0.25) is 0 Å². The first-order valence-electron chi connectivity index (χ1n) is 5.78. The van der Waals surface area contributed by atoms with Gasteiger partial charge in [0.15, 0.2) is 0 Å². The van der Waals surface area contributed by atoms with Crippen LogP contribution in [0.1, 0.15) is 33.1 Å². The van der Waals surface area contributed by atoms with Crippen LogP contribution in [-0.2, 0) is 4.84 Å². The SMILES string of the molecule is CCCN1CCC(C(C)NOC)CC1. The highest BCUT2D eigenvalue weighted by molar-refractivity contribution is 4.77. The predicted octanol–water partition coefficient (Wildman–Crippen LogP) is 1.65. The van der Waals surface area contributed by atoms with E-state index in [1.54, 1.807) is 7.11 Å². The van der Waals surface area contributed by atoms with Crippen molar-refractivity contribution in [1.29, 1.82) is 0 Å². The Morgan fingerprint density at radius 2 is 2.07 bits per heavy atom. The molecule has 0 spiro atoms. The number of piperidine rings is 1. The molecule has 0 saturated carbocycles. The fraction of sp³-hybridized carbons (Fsp3) is 1.00. The van der Waals surface area contributed by atoms with Crippen LogP contribution in [0, 0.1) is 5.92 Å². The van der Waals surface area contributed by atoms with Gasteiger partial charge in [-0.2, -0.15) is 5.48 Å². The van der Waals surface area contributed by atoms with Crippen molar-refractivity contribution in [3.05, 3.63) is 0 Å². The maximum Gasteiger partial charge on any atom is 0.0572 e. The number of nitrogens with one attached hydrogen (secondary N) is 1. The molecule has 0 aromatic rings. The number of likely N-dealkylation sites (tertiary alicyclic amines) is 1. The first-order valence-corrected chi connectivity index (χ1v) is 5.78. The van der Waals surface area contributed by atoms with Crippen LogP contribution in [0.3, 0.4) is 0 Å². The molecule has 1 N–H and O–H groups in total. The number of nitrogens with zero attached hydrogens (tertiary/aromatic N) is 1. The van der Waals surface area contributed by atoms with Crippen LogP contribution >= 0.6 is 0 Å². The van der Waals surface area contributed by atoms with Crippen LogP contribution < -0.4 is 5.48 Å². The molecule has 1 heterocycles. The van der Waals surface area contributed by atoms with E-state index in [-0.39, 0.29) is 0 Å². The van der Waals surface area contributed by atoms with E-state index in [0.29, 0.717) is 6.04 Å². The molecule has 1 saturated heterocycles. The molecule has 0 aromatic carbocycles. The van der Waals surface area contributed by atoms with E-state index >= 15 is 0 Å². The maximum atomic E-state index is 4.97. The summed E-state index contributed by atoms with van der Waals surface area (Å²) in [5.41, 5.74) is 3.04. The van der Waals surface area contributed by atoms with Gasteiger partial charge >= 0.3 is 0 Å². The molecule has 0 aliphatic carbocycles. The van der Waals surface area contributed by atoms with Crippen LogP contribution in [0.15, 0.2) is 0 Å². The lowest BCUT2D eigenvalue weighted by atomic mass is 9.91. The van der Waals surface area contributed by atoms with E-state index in [2.05, 4.69) is 24.2 Å². The van der Waals surface area contributed by atoms with E-state index < -0.39 is 0 Å². The second kappa shape index (κ2) is 6.38. The van der Waals surface area contributed by atoms with Gasteiger partial charge in [-0.1, -0.05) is 6.92 Å². The van der Waals surface area contributed by atoms with Gasteiger partial charge in [0.1, 0.15) is 0 Å². The van der Waals surface area contributed by atoms with Crippen LogP contribution in [0.4, 0.5) is 0 Å². The third kappa shape index (κ3) is 3.56. The van der Waals surface area contributed by atoms with Crippen LogP contribution in [-0.4, -0.2) is 37.7 Å². The predicted molar refractivity (Wildman–Crippen MR) is 59.1 cm³/mol. The molecule has 84 valence electrons. The first kappa shape index (κ1) is 12.0. The molecule has 1 fully saturated rings. The zero-order valence-corrected chi connectivity index (χ0v) is 9.75. The van der Waals surface area contributed by atoms with Gasteiger partial charge in [-0.05, 0) is 51.7 Å². The van der Waals surface area contributed by atoms with Crippen molar-refractivity contribution >= 4 is 0 Å². The molecule has 0 aromatic heterocycles. The van der Waals surface area contributed by atoms with Crippen molar-refractivity contribution in [2.24, 2.45) is 5.92 Å². The van der Waals surface area contributed by atoms with Crippen molar-refractivity contribution in [3.8, 4) is 0 Å². The summed E-state index contributed by atoms with van der Waals surface area (Å²) >= 11 is 0. The summed E-state index contributed by atoms with van der Waals surface area (Å²) in [5, 5.41) is 0. The molecule has 1 aliphatic heterocycles. The van der Waals surface area contributed by atoms with Gasteiger partial charge in [-0.15, -0.1) is 0 Å². The lowest BCUT2D eigenvalue weighted by Gasteiger charge is -2.34.